The molecule has 3 rings (SSSR count). The molecule has 0 aliphatic carbocycles. The first-order valence-corrected chi connectivity index (χ1v) is 9.61. The van der Waals surface area contributed by atoms with Crippen LogP contribution in [0.3, 0.4) is 0 Å². The van der Waals surface area contributed by atoms with Gasteiger partial charge in [0.2, 0.25) is 0 Å². The molecule has 9 nitrogen and oxygen atoms in total. The molecule has 162 valence electrons. The molecule has 1 N–H and O–H groups in total. The molecule has 0 atom stereocenters. The lowest BCUT2D eigenvalue weighted by atomic mass is 10.0. The first-order chi connectivity index (χ1) is 14.8. The van der Waals surface area contributed by atoms with Crippen LogP contribution in [0.4, 0.5) is 11.4 Å². The minimum Gasteiger partial charge on any atom is -0.497 e. The highest BCUT2D eigenvalue weighted by molar-refractivity contribution is 6.36. The average molecular weight is 425 g/mol. The first kappa shape index (κ1) is 21.8. The second-order valence-corrected chi connectivity index (χ2v) is 7.36. The fourth-order valence-corrected chi connectivity index (χ4v) is 3.28. The van der Waals surface area contributed by atoms with E-state index in [-0.39, 0.29) is 29.4 Å². The number of hydrogen-bond donors (Lipinski definition) is 1. The van der Waals surface area contributed by atoms with Crippen molar-refractivity contribution in [2.24, 2.45) is 5.92 Å². The zero-order valence-electron chi connectivity index (χ0n) is 17.7. The van der Waals surface area contributed by atoms with Crippen molar-refractivity contribution in [3.05, 3.63) is 63.8 Å². The van der Waals surface area contributed by atoms with Gasteiger partial charge in [-0.05, 0) is 35.7 Å². The van der Waals surface area contributed by atoms with E-state index in [1.54, 1.807) is 18.2 Å². The molecule has 1 heterocycles. The van der Waals surface area contributed by atoms with Gasteiger partial charge >= 0.3 is 0 Å². The molecule has 0 bridgehead atoms. The molecule has 1 aliphatic heterocycles. The molecule has 0 aromatic heterocycles. The summed E-state index contributed by atoms with van der Waals surface area (Å²) in [7, 11) is 3.01. The molecule has 2 aromatic carbocycles. The summed E-state index contributed by atoms with van der Waals surface area (Å²) in [6, 6.07) is 10.6. The Kier molecular flexibility index (Phi) is 6.24. The van der Waals surface area contributed by atoms with E-state index in [0.717, 1.165) is 0 Å². The van der Waals surface area contributed by atoms with E-state index < -0.39 is 16.7 Å². The third kappa shape index (κ3) is 4.35. The lowest BCUT2D eigenvalue weighted by Gasteiger charge is -2.18. The molecule has 2 aromatic rings. The third-order valence-corrected chi connectivity index (χ3v) is 4.75. The van der Waals surface area contributed by atoms with Crippen LogP contribution in [0.15, 0.2) is 48.2 Å². The number of nitro benzene ring substituents is 1. The summed E-state index contributed by atoms with van der Waals surface area (Å²) in [5.74, 6) is 0.146. The third-order valence-electron chi connectivity index (χ3n) is 4.75. The molecule has 9 heteroatoms. The van der Waals surface area contributed by atoms with Crippen molar-refractivity contribution in [2.75, 3.05) is 26.1 Å². The number of methoxy groups -OCH3 is 2. The zero-order valence-corrected chi connectivity index (χ0v) is 17.7. The van der Waals surface area contributed by atoms with E-state index in [2.05, 4.69) is 5.32 Å². The van der Waals surface area contributed by atoms with E-state index in [4.69, 9.17) is 9.47 Å². The predicted molar refractivity (Wildman–Crippen MR) is 115 cm³/mol. The van der Waals surface area contributed by atoms with Gasteiger partial charge in [-0.2, -0.15) is 0 Å². The molecule has 1 aliphatic rings. The number of hydrogen-bond acceptors (Lipinski definition) is 7. The van der Waals surface area contributed by atoms with Crippen molar-refractivity contribution in [1.29, 1.82) is 0 Å². The number of non-ortho nitro benzene ring substituents is 1. The van der Waals surface area contributed by atoms with Crippen molar-refractivity contribution in [3.8, 4) is 11.5 Å². The molecule has 0 saturated heterocycles. The van der Waals surface area contributed by atoms with Gasteiger partial charge in [0.05, 0.1) is 30.4 Å². The van der Waals surface area contributed by atoms with Crippen LogP contribution in [-0.2, 0) is 9.59 Å². The van der Waals surface area contributed by atoms with Crippen molar-refractivity contribution < 1.29 is 24.0 Å². The molecular weight excluding hydrogens is 402 g/mol. The topological polar surface area (TPSA) is 111 Å². The van der Waals surface area contributed by atoms with Gasteiger partial charge in [-0.3, -0.25) is 24.6 Å². The number of rotatable bonds is 8. The molecule has 0 fully saturated rings. The van der Waals surface area contributed by atoms with Crippen molar-refractivity contribution >= 4 is 28.8 Å². The quantitative estimate of drug-likeness (QED) is 0.392. The maximum Gasteiger partial charge on any atom is 0.278 e. The van der Waals surface area contributed by atoms with Crippen LogP contribution in [0, 0.1) is 16.0 Å². The Morgan fingerprint density at radius 2 is 1.71 bits per heavy atom. The fraction of sp³-hybridized carbons (Fsp3) is 0.273. The number of amides is 2. The second-order valence-electron chi connectivity index (χ2n) is 7.36. The van der Waals surface area contributed by atoms with E-state index in [9.17, 15) is 19.7 Å². The molecule has 31 heavy (non-hydrogen) atoms. The number of nitrogens with zero attached hydrogens (tertiary/aromatic N) is 2. The average Bonchev–Trinajstić information content (AvgIpc) is 2.98. The Bertz CT molecular complexity index is 1060. The summed E-state index contributed by atoms with van der Waals surface area (Å²) in [4.78, 5) is 37.9. The number of nitrogens with one attached hydrogen (secondary N) is 1. The van der Waals surface area contributed by atoms with Crippen molar-refractivity contribution in [3.63, 3.8) is 0 Å². The lowest BCUT2D eigenvalue weighted by molar-refractivity contribution is -0.384. The number of nitro groups is 1. The van der Waals surface area contributed by atoms with Gasteiger partial charge in [-0.15, -0.1) is 0 Å². The standard InChI is InChI=1S/C22H23N3O6/c1-13(2)12-24-21(26)19(14-5-7-15(8-6-14)25(28)29)20(22(24)27)23-17-10-9-16(30-3)11-18(17)31-4/h5-11,13,23H,12H2,1-4H3. The summed E-state index contributed by atoms with van der Waals surface area (Å²) in [6.45, 7) is 4.06. The van der Waals surface area contributed by atoms with Crippen LogP contribution < -0.4 is 14.8 Å². The molecule has 0 unspecified atom stereocenters. The monoisotopic (exact) mass is 425 g/mol. The van der Waals surface area contributed by atoms with Crippen molar-refractivity contribution in [2.45, 2.75) is 13.8 Å². The SMILES string of the molecule is COc1ccc(NC2=C(c3ccc([N+](=O)[O-])cc3)C(=O)N(CC(C)C)C2=O)c(OC)c1. The fourth-order valence-electron chi connectivity index (χ4n) is 3.28. The van der Waals surface area contributed by atoms with Gasteiger partial charge in [0, 0.05) is 24.7 Å². The summed E-state index contributed by atoms with van der Waals surface area (Å²) >= 11 is 0. The Morgan fingerprint density at radius 3 is 2.26 bits per heavy atom. The van der Waals surface area contributed by atoms with E-state index >= 15 is 0 Å². The highest BCUT2D eigenvalue weighted by Gasteiger charge is 2.39. The largest absolute Gasteiger partial charge is 0.497 e. The summed E-state index contributed by atoms with van der Waals surface area (Å²) in [5.41, 5.74) is 1.02. The maximum absolute atomic E-state index is 13.1. The van der Waals surface area contributed by atoms with E-state index in [1.807, 2.05) is 13.8 Å². The normalized spacial score (nSPS) is 13.8. The van der Waals surface area contributed by atoms with Gasteiger partial charge in [0.1, 0.15) is 17.2 Å². The summed E-state index contributed by atoms with van der Waals surface area (Å²) < 4.78 is 10.6. The van der Waals surface area contributed by atoms with Crippen LogP contribution in [0.5, 0.6) is 11.5 Å². The molecule has 2 amide bonds. The highest BCUT2D eigenvalue weighted by atomic mass is 16.6. The van der Waals surface area contributed by atoms with Gasteiger partial charge in [-0.1, -0.05) is 13.8 Å². The Labute approximate surface area is 179 Å². The van der Waals surface area contributed by atoms with Gasteiger partial charge in [0.25, 0.3) is 17.5 Å². The Balaban J connectivity index is 2.09. The summed E-state index contributed by atoms with van der Waals surface area (Å²) in [6.07, 6.45) is 0. The zero-order chi connectivity index (χ0) is 22.7. The van der Waals surface area contributed by atoms with Gasteiger partial charge < -0.3 is 14.8 Å². The predicted octanol–water partition coefficient (Wildman–Crippen LogP) is 3.46. The number of anilines is 1. The van der Waals surface area contributed by atoms with Gasteiger partial charge in [-0.25, -0.2) is 0 Å². The molecule has 0 saturated carbocycles. The number of carbonyl (C=O) groups is 2. The second kappa shape index (κ2) is 8.86. The van der Waals surface area contributed by atoms with E-state index in [1.165, 1.54) is 43.4 Å². The maximum atomic E-state index is 13.1. The van der Waals surface area contributed by atoms with Crippen LogP contribution in [0.2, 0.25) is 0 Å². The van der Waals surface area contributed by atoms with Crippen LogP contribution in [0.25, 0.3) is 5.57 Å². The number of carbonyl (C=O) groups excluding carboxylic acids is 2. The Hall–Kier alpha value is -3.88. The van der Waals surface area contributed by atoms with Crippen molar-refractivity contribution in [1.82, 2.24) is 4.90 Å². The number of imide groups is 1. The van der Waals surface area contributed by atoms with Gasteiger partial charge in [0.15, 0.2) is 0 Å². The van der Waals surface area contributed by atoms with Crippen LogP contribution in [-0.4, -0.2) is 42.4 Å². The number of ether oxygens (including phenoxy) is 2. The van der Waals surface area contributed by atoms with E-state index in [0.29, 0.717) is 22.7 Å². The Morgan fingerprint density at radius 1 is 1.03 bits per heavy atom. The highest BCUT2D eigenvalue weighted by Crippen LogP contribution is 2.35. The molecule has 0 radical (unpaired) electrons. The van der Waals surface area contributed by atoms with Crippen LogP contribution in [0.1, 0.15) is 19.4 Å². The minimum atomic E-state index is -0.522. The summed E-state index contributed by atoms with van der Waals surface area (Å²) in [5, 5.41) is 14.0. The first-order valence-electron chi connectivity index (χ1n) is 9.61. The van der Waals surface area contributed by atoms with Crippen LogP contribution >= 0.6 is 0 Å². The number of benzene rings is 2. The molecular formula is C22H23N3O6. The molecule has 0 spiro atoms. The minimum absolute atomic E-state index is 0.0703. The smallest absolute Gasteiger partial charge is 0.278 e. The lowest BCUT2D eigenvalue weighted by Crippen LogP contribution is -2.35.